The molecule has 0 saturated heterocycles. The van der Waals surface area contributed by atoms with E-state index in [1.54, 1.807) is 6.07 Å². The second-order valence-corrected chi connectivity index (χ2v) is 15.7. The first-order valence-corrected chi connectivity index (χ1v) is 17.8. The van der Waals surface area contributed by atoms with E-state index in [1.807, 2.05) is 78.9 Å². The van der Waals surface area contributed by atoms with E-state index in [4.69, 9.17) is 0 Å². The van der Waals surface area contributed by atoms with Crippen LogP contribution in [-0.4, -0.2) is 60.5 Å². The highest BCUT2D eigenvalue weighted by Crippen LogP contribution is 2.46. The largest absolute Gasteiger partial charge is 0.393 e. The van der Waals surface area contributed by atoms with E-state index in [0.29, 0.717) is 5.69 Å². The number of amides is 1. The van der Waals surface area contributed by atoms with Crippen LogP contribution in [0.4, 0.5) is 5.69 Å². The molecule has 0 aliphatic heterocycles. The van der Waals surface area contributed by atoms with Gasteiger partial charge in [-0.3, -0.25) is 4.79 Å². The molecule has 4 unspecified atom stereocenters. The molecular weight excluding hydrogens is 645 g/mol. The summed E-state index contributed by atoms with van der Waals surface area (Å²) in [6.07, 6.45) is 0. The number of carbonyl (C=O) groups is 1. The lowest BCUT2D eigenvalue weighted by atomic mass is 9.66. The lowest BCUT2D eigenvalue weighted by Crippen LogP contribution is -2.75. The Balaban J connectivity index is 1.62. The van der Waals surface area contributed by atoms with E-state index in [2.05, 4.69) is 53.8 Å². The maximum Gasteiger partial charge on any atom is 0.259 e. The van der Waals surface area contributed by atoms with Crippen molar-refractivity contribution in [3.63, 3.8) is 0 Å². The van der Waals surface area contributed by atoms with Gasteiger partial charge in [0.1, 0.15) is 16.8 Å². The molecule has 0 heterocycles. The highest BCUT2D eigenvalue weighted by atomic mass is 31.1. The highest BCUT2D eigenvalue weighted by Gasteiger charge is 2.64. The van der Waals surface area contributed by atoms with Gasteiger partial charge in [-0.2, -0.15) is 0 Å². The van der Waals surface area contributed by atoms with Crippen LogP contribution in [-0.2, 0) is 4.79 Å². The zero-order chi connectivity index (χ0) is 35.9. The summed E-state index contributed by atoms with van der Waals surface area (Å²) in [5.74, 6) is -1.01. The molecule has 0 aliphatic carbocycles. The zero-order valence-corrected chi connectivity index (χ0v) is 29.4. The molecule has 6 aromatic rings. The van der Waals surface area contributed by atoms with Crippen LogP contribution in [0.3, 0.4) is 0 Å². The van der Waals surface area contributed by atoms with Crippen LogP contribution in [0, 0.1) is 0 Å². The van der Waals surface area contributed by atoms with E-state index in [1.165, 1.54) is 0 Å². The van der Waals surface area contributed by atoms with E-state index in [-0.39, 0.29) is 0 Å². The van der Waals surface area contributed by atoms with Gasteiger partial charge in [0.2, 0.25) is 0 Å². The first kappa shape index (κ1) is 35.4. The molecule has 0 saturated carbocycles. The predicted molar refractivity (Wildman–Crippen MR) is 204 cm³/mol. The molecule has 50 heavy (non-hydrogen) atoms. The number of aliphatic hydroxyl groups is 5. The van der Waals surface area contributed by atoms with Crippen molar-refractivity contribution in [3.8, 4) is 11.1 Å². The molecule has 0 spiro atoms. The summed E-state index contributed by atoms with van der Waals surface area (Å²) < 4.78 is 0. The molecular formula is C42H42NO6P. The summed E-state index contributed by atoms with van der Waals surface area (Å²) in [5.41, 5.74) is -8.05. The number of hydrogen-bond donors (Lipinski definition) is 6. The monoisotopic (exact) mass is 687 g/mol. The summed E-state index contributed by atoms with van der Waals surface area (Å²) in [6.45, 7) is 3.41. The maximum absolute atomic E-state index is 14.2. The molecule has 0 aliphatic rings. The molecule has 0 aromatic heterocycles. The molecule has 0 fully saturated rings. The van der Waals surface area contributed by atoms with Crippen LogP contribution in [0.1, 0.15) is 27.7 Å². The normalized spacial score (nSPS) is 16.7. The van der Waals surface area contributed by atoms with Crippen molar-refractivity contribution in [2.24, 2.45) is 0 Å². The van der Waals surface area contributed by atoms with Gasteiger partial charge in [-0.1, -0.05) is 127 Å². The van der Waals surface area contributed by atoms with Gasteiger partial charge < -0.3 is 30.8 Å². The Morgan fingerprint density at radius 3 is 1.56 bits per heavy atom. The number of rotatable bonds is 10. The Kier molecular flexibility index (Phi) is 9.44. The van der Waals surface area contributed by atoms with Crippen molar-refractivity contribution in [3.05, 3.63) is 133 Å². The van der Waals surface area contributed by atoms with E-state index in [0.717, 1.165) is 76.3 Å². The number of aliphatic hydroxyl groups excluding tert-OH is 1. The Morgan fingerprint density at radius 2 is 1.04 bits per heavy atom. The summed E-state index contributed by atoms with van der Waals surface area (Å²) in [5, 5.41) is 65.3. The van der Waals surface area contributed by atoms with E-state index in [9.17, 15) is 30.3 Å². The second kappa shape index (κ2) is 13.3. The van der Waals surface area contributed by atoms with Gasteiger partial charge in [0.05, 0.1) is 6.61 Å². The minimum absolute atomic E-state index is 0.381. The first-order chi connectivity index (χ1) is 23.7. The molecule has 1 amide bonds. The van der Waals surface area contributed by atoms with Crippen LogP contribution >= 0.6 is 7.92 Å². The van der Waals surface area contributed by atoms with Crippen LogP contribution in [0.2, 0.25) is 0 Å². The summed E-state index contributed by atoms with van der Waals surface area (Å²) in [6, 6.07) is 44.6. The van der Waals surface area contributed by atoms with Gasteiger partial charge in [0.25, 0.3) is 5.91 Å². The number of carbonyl (C=O) groups excluding carboxylic acids is 1. The third-order valence-corrected chi connectivity index (χ3v) is 12.8. The van der Waals surface area contributed by atoms with Crippen molar-refractivity contribution >= 4 is 57.0 Å². The average molecular weight is 688 g/mol. The van der Waals surface area contributed by atoms with Gasteiger partial charge in [0, 0.05) is 16.8 Å². The SMILES string of the molecule is CC(O)(CO)C(C)(O)C(C)(O)C(C)(O)C(=O)Nc1ccc2ccccc2c1-c1c(P(c2ccccc2)c2ccccc2)ccc2ccccc12. The minimum atomic E-state index is -2.65. The molecule has 6 N–H and O–H groups in total. The Hall–Kier alpha value is -4.46. The number of anilines is 1. The molecule has 0 radical (unpaired) electrons. The van der Waals surface area contributed by atoms with Crippen molar-refractivity contribution < 1.29 is 30.3 Å². The van der Waals surface area contributed by atoms with Crippen molar-refractivity contribution in [1.29, 1.82) is 0 Å². The fourth-order valence-corrected chi connectivity index (χ4v) is 9.03. The third kappa shape index (κ3) is 5.90. The number of benzene rings is 6. The molecule has 0 bridgehead atoms. The third-order valence-electron chi connectivity index (χ3n) is 10.3. The Labute approximate surface area is 293 Å². The fraction of sp³-hybridized carbons (Fsp3) is 0.214. The summed E-state index contributed by atoms with van der Waals surface area (Å²) >= 11 is 0. The maximum atomic E-state index is 14.2. The van der Waals surface area contributed by atoms with Crippen LogP contribution in [0.15, 0.2) is 133 Å². The lowest BCUT2D eigenvalue weighted by Gasteiger charge is -2.51. The number of nitrogens with one attached hydrogen (secondary N) is 1. The summed E-state index contributed by atoms with van der Waals surface area (Å²) in [7, 11) is -1.11. The first-order valence-electron chi connectivity index (χ1n) is 16.5. The molecule has 8 heteroatoms. The van der Waals surface area contributed by atoms with Gasteiger partial charge in [-0.25, -0.2) is 0 Å². The number of fused-ring (bicyclic) bond motifs is 2. The van der Waals surface area contributed by atoms with Crippen molar-refractivity contribution in [2.75, 3.05) is 11.9 Å². The highest BCUT2D eigenvalue weighted by molar-refractivity contribution is 7.80. The smallest absolute Gasteiger partial charge is 0.259 e. The Morgan fingerprint density at radius 1 is 0.580 bits per heavy atom. The predicted octanol–water partition coefficient (Wildman–Crippen LogP) is 5.35. The molecule has 7 nitrogen and oxygen atoms in total. The van der Waals surface area contributed by atoms with Crippen LogP contribution in [0.25, 0.3) is 32.7 Å². The fourth-order valence-electron chi connectivity index (χ4n) is 6.55. The number of hydrogen-bond acceptors (Lipinski definition) is 6. The molecule has 256 valence electrons. The lowest BCUT2D eigenvalue weighted by molar-refractivity contribution is -0.278. The van der Waals surface area contributed by atoms with Crippen molar-refractivity contribution in [2.45, 2.75) is 50.1 Å². The van der Waals surface area contributed by atoms with Crippen LogP contribution in [0.5, 0.6) is 0 Å². The second-order valence-electron chi connectivity index (χ2n) is 13.5. The minimum Gasteiger partial charge on any atom is -0.393 e. The van der Waals surface area contributed by atoms with Gasteiger partial charge in [-0.15, -0.1) is 0 Å². The van der Waals surface area contributed by atoms with Gasteiger partial charge in [0.15, 0.2) is 5.60 Å². The standard InChI is InChI=1S/C42H42NO6P/c1-39(46,27-44)41(3,48)42(4,49)40(2,47)38(45)43-34-25-23-28-15-11-13-21-32(28)36(34)37-33-22-14-12-16-29(33)24-26-35(37)50(30-17-7-5-8-18-30)31-19-9-6-10-20-31/h5-26,44,46-49H,27H2,1-4H3,(H,43,45). The molecule has 4 atom stereocenters. The zero-order valence-electron chi connectivity index (χ0n) is 28.5. The average Bonchev–Trinajstić information content (AvgIpc) is 3.12. The topological polar surface area (TPSA) is 130 Å². The van der Waals surface area contributed by atoms with E-state index >= 15 is 0 Å². The van der Waals surface area contributed by atoms with Crippen molar-refractivity contribution in [1.82, 2.24) is 0 Å². The summed E-state index contributed by atoms with van der Waals surface area (Å²) in [4.78, 5) is 14.2. The molecule has 6 aromatic carbocycles. The quantitative estimate of drug-likeness (QED) is 0.108. The van der Waals surface area contributed by atoms with E-state index < -0.39 is 42.8 Å². The molecule has 6 rings (SSSR count). The van der Waals surface area contributed by atoms with Gasteiger partial charge >= 0.3 is 0 Å². The Bertz CT molecular complexity index is 2120. The van der Waals surface area contributed by atoms with Gasteiger partial charge in [-0.05, 0) is 79.1 Å². The van der Waals surface area contributed by atoms with Crippen LogP contribution < -0.4 is 21.2 Å².